The van der Waals surface area contributed by atoms with Crippen LogP contribution in [0.1, 0.15) is 51.9 Å². The molecule has 0 amide bonds. The van der Waals surface area contributed by atoms with Gasteiger partial charge in [0, 0.05) is 32.0 Å². The van der Waals surface area contributed by atoms with Crippen molar-refractivity contribution in [3.05, 3.63) is 35.9 Å². The quantitative estimate of drug-likeness (QED) is 0.162. The molecule has 0 saturated heterocycles. The number of methoxy groups -OCH3 is 2. The standard InChI is InChI=1S/C27H39O9P.Li.H/c1-9-31-17(4)34-20-15-23(35-18(5)32-10-2)26(24(16-20)36-19(6)33-11-3)37-27(28)25-21(29-7)13-12-14-22(25)30-8;;/h12-19,37H,9-11H2,1-8H3;;. The molecule has 9 nitrogen and oxygen atoms in total. The third-order valence-corrected chi connectivity index (χ3v) is 6.24. The van der Waals surface area contributed by atoms with E-state index < -0.39 is 27.5 Å². The molecule has 2 aromatic carbocycles. The van der Waals surface area contributed by atoms with E-state index in [4.69, 9.17) is 37.9 Å². The number of benzene rings is 2. The van der Waals surface area contributed by atoms with Gasteiger partial charge in [-0.15, -0.1) is 0 Å². The molecular weight excluding hydrogens is 506 g/mol. The zero-order valence-electron chi connectivity index (χ0n) is 22.9. The van der Waals surface area contributed by atoms with Crippen molar-refractivity contribution < 1.29 is 42.7 Å². The minimum atomic E-state index is -0.582. The zero-order valence-corrected chi connectivity index (χ0v) is 23.9. The number of ether oxygens (including phenoxy) is 8. The van der Waals surface area contributed by atoms with Crippen LogP contribution in [-0.2, 0) is 14.2 Å². The summed E-state index contributed by atoms with van der Waals surface area (Å²) in [5.74, 6) is 2.06. The Balaban J connectivity index is 0.00000722. The van der Waals surface area contributed by atoms with Gasteiger partial charge < -0.3 is 37.9 Å². The van der Waals surface area contributed by atoms with E-state index in [-0.39, 0.29) is 24.4 Å². The Morgan fingerprint density at radius 2 is 1.16 bits per heavy atom. The molecule has 208 valence electrons. The second-order valence-corrected chi connectivity index (χ2v) is 8.91. The maximum atomic E-state index is 13.7. The molecule has 0 spiro atoms. The van der Waals surface area contributed by atoms with Crippen LogP contribution in [0.15, 0.2) is 30.3 Å². The van der Waals surface area contributed by atoms with E-state index in [0.29, 0.717) is 59.4 Å². The first kappa shape index (κ1) is 34.0. The van der Waals surface area contributed by atoms with Crippen molar-refractivity contribution in [3.63, 3.8) is 0 Å². The van der Waals surface area contributed by atoms with Gasteiger partial charge in [-0.05, 0) is 62.3 Å². The molecular formula is C27H40LiO9P. The Morgan fingerprint density at radius 3 is 1.55 bits per heavy atom. The molecule has 0 aliphatic rings. The van der Waals surface area contributed by atoms with E-state index in [1.807, 2.05) is 20.8 Å². The van der Waals surface area contributed by atoms with Crippen LogP contribution in [0.5, 0.6) is 28.7 Å². The van der Waals surface area contributed by atoms with Crippen LogP contribution in [0.25, 0.3) is 0 Å². The van der Waals surface area contributed by atoms with Crippen molar-refractivity contribution >= 4 is 38.3 Å². The van der Waals surface area contributed by atoms with E-state index in [9.17, 15) is 4.79 Å². The molecule has 0 heterocycles. The second-order valence-electron chi connectivity index (χ2n) is 7.71. The molecule has 4 atom stereocenters. The number of rotatable bonds is 17. The summed E-state index contributed by atoms with van der Waals surface area (Å²) in [6, 6.07) is 8.61. The number of carbonyl (C=O) groups is 1. The fourth-order valence-electron chi connectivity index (χ4n) is 3.55. The number of hydrogen-bond acceptors (Lipinski definition) is 9. The van der Waals surface area contributed by atoms with Gasteiger partial charge in [0.05, 0.1) is 19.5 Å². The van der Waals surface area contributed by atoms with Gasteiger partial charge >= 0.3 is 18.9 Å². The fourth-order valence-corrected chi connectivity index (χ4v) is 4.66. The summed E-state index contributed by atoms with van der Waals surface area (Å²) in [4.78, 5) is 13.7. The van der Waals surface area contributed by atoms with Crippen molar-refractivity contribution in [1.82, 2.24) is 0 Å². The van der Waals surface area contributed by atoms with Crippen LogP contribution >= 0.6 is 8.58 Å². The first-order chi connectivity index (χ1) is 17.8. The molecule has 0 bridgehead atoms. The van der Waals surface area contributed by atoms with Crippen molar-refractivity contribution in [3.8, 4) is 28.7 Å². The van der Waals surface area contributed by atoms with Crippen LogP contribution in [0.3, 0.4) is 0 Å². The van der Waals surface area contributed by atoms with Gasteiger partial charge in [-0.2, -0.15) is 0 Å². The first-order valence-corrected chi connectivity index (χ1v) is 13.3. The Morgan fingerprint density at radius 1 is 0.737 bits per heavy atom. The molecule has 0 saturated carbocycles. The third kappa shape index (κ3) is 9.96. The SMILES string of the molecule is CCOC(C)Oc1cc(OC(C)OCC)c(PC(=O)c2c(OC)cccc2OC)c(OC(C)OCC)c1.[LiH]. The molecule has 2 rings (SSSR count). The Labute approximate surface area is 239 Å². The average Bonchev–Trinajstić information content (AvgIpc) is 2.85. The van der Waals surface area contributed by atoms with Crippen molar-refractivity contribution in [2.75, 3.05) is 34.0 Å². The van der Waals surface area contributed by atoms with E-state index in [1.165, 1.54) is 14.2 Å². The Hall–Kier alpha value is -1.98. The summed E-state index contributed by atoms with van der Waals surface area (Å²) >= 11 is 0. The van der Waals surface area contributed by atoms with Crippen molar-refractivity contribution in [2.24, 2.45) is 0 Å². The molecule has 11 heteroatoms. The molecule has 0 radical (unpaired) electrons. The number of carbonyl (C=O) groups excluding carboxylic acids is 1. The predicted octanol–water partition coefficient (Wildman–Crippen LogP) is 4.48. The van der Waals surface area contributed by atoms with Gasteiger partial charge in [-0.25, -0.2) is 0 Å². The maximum absolute atomic E-state index is 13.7. The molecule has 2 aromatic rings. The molecule has 0 N–H and O–H groups in total. The van der Waals surface area contributed by atoms with E-state index in [1.54, 1.807) is 51.1 Å². The topological polar surface area (TPSA) is 90.9 Å². The van der Waals surface area contributed by atoms with Crippen molar-refractivity contribution in [1.29, 1.82) is 0 Å². The summed E-state index contributed by atoms with van der Waals surface area (Å²) in [7, 11) is 2.62. The summed E-state index contributed by atoms with van der Waals surface area (Å²) in [5.41, 5.74) is 0.122. The minimum absolute atomic E-state index is 0. The van der Waals surface area contributed by atoms with Gasteiger partial charge in [0.1, 0.15) is 34.3 Å². The Bertz CT molecular complexity index is 947. The molecule has 38 heavy (non-hydrogen) atoms. The molecule has 4 unspecified atom stereocenters. The summed E-state index contributed by atoms with van der Waals surface area (Å²) < 4.78 is 45.9. The fraction of sp³-hybridized carbons (Fsp3) is 0.519. The van der Waals surface area contributed by atoms with Crippen LogP contribution < -0.4 is 29.0 Å². The van der Waals surface area contributed by atoms with E-state index in [2.05, 4.69) is 0 Å². The normalized spacial score (nSPS) is 13.4. The number of hydrogen-bond donors (Lipinski definition) is 0. The van der Waals surface area contributed by atoms with E-state index in [0.717, 1.165) is 0 Å². The van der Waals surface area contributed by atoms with Crippen molar-refractivity contribution in [2.45, 2.75) is 60.4 Å². The first-order valence-electron chi connectivity index (χ1n) is 12.3. The van der Waals surface area contributed by atoms with Crippen LogP contribution in [0, 0.1) is 0 Å². The van der Waals surface area contributed by atoms with Gasteiger partial charge in [-0.1, -0.05) is 6.07 Å². The second kappa shape index (κ2) is 17.6. The molecule has 0 aliphatic heterocycles. The Kier molecular flexibility index (Phi) is 15.7. The van der Waals surface area contributed by atoms with Gasteiger partial charge in [0.2, 0.25) is 0 Å². The summed E-state index contributed by atoms with van der Waals surface area (Å²) in [6.45, 7) is 12.4. The molecule has 0 aliphatic carbocycles. The van der Waals surface area contributed by atoms with Gasteiger partial charge in [0.15, 0.2) is 24.4 Å². The van der Waals surface area contributed by atoms with Crippen LogP contribution in [-0.4, -0.2) is 77.3 Å². The van der Waals surface area contributed by atoms with Gasteiger partial charge in [-0.3, -0.25) is 4.79 Å². The summed E-state index contributed by atoms with van der Waals surface area (Å²) in [5, 5.41) is 0.535. The van der Waals surface area contributed by atoms with Gasteiger partial charge in [0.25, 0.3) is 0 Å². The zero-order chi connectivity index (χ0) is 27.4. The summed E-state index contributed by atoms with van der Waals surface area (Å²) in [6.07, 6.45) is -1.67. The van der Waals surface area contributed by atoms with Crippen LogP contribution in [0.2, 0.25) is 0 Å². The molecule has 0 aromatic heterocycles. The van der Waals surface area contributed by atoms with Crippen LogP contribution in [0.4, 0.5) is 0 Å². The monoisotopic (exact) mass is 546 g/mol. The average molecular weight is 547 g/mol. The predicted molar refractivity (Wildman–Crippen MR) is 151 cm³/mol. The molecule has 0 fully saturated rings. The van der Waals surface area contributed by atoms with E-state index >= 15 is 0 Å². The third-order valence-electron chi connectivity index (χ3n) is 5.02.